The van der Waals surface area contributed by atoms with Crippen LogP contribution in [0, 0.1) is 0 Å². The summed E-state index contributed by atoms with van der Waals surface area (Å²) in [6.07, 6.45) is 0. The van der Waals surface area contributed by atoms with Gasteiger partial charge in [0.15, 0.2) is 6.04 Å². The molecule has 146 valence electrons. The summed E-state index contributed by atoms with van der Waals surface area (Å²) in [5, 5.41) is 3.48. The van der Waals surface area contributed by atoms with Gasteiger partial charge < -0.3 is 10.2 Å². The van der Waals surface area contributed by atoms with Gasteiger partial charge in [-0.15, -0.1) is 0 Å². The molecule has 1 amide bonds. The molecular formula is C19H25ClN3O3S+. The molecular weight excluding hydrogens is 386 g/mol. The molecule has 0 aliphatic carbocycles. The number of nitrogens with one attached hydrogen (secondary N) is 2. The van der Waals surface area contributed by atoms with Crippen molar-refractivity contribution >= 4 is 33.2 Å². The predicted molar refractivity (Wildman–Crippen MR) is 107 cm³/mol. The lowest BCUT2D eigenvalue weighted by Crippen LogP contribution is -3.12. The summed E-state index contributed by atoms with van der Waals surface area (Å²) in [6, 6.07) is 13.5. The number of halogens is 1. The van der Waals surface area contributed by atoms with Crippen LogP contribution in [0.2, 0.25) is 5.02 Å². The van der Waals surface area contributed by atoms with Crippen LogP contribution in [0.25, 0.3) is 0 Å². The summed E-state index contributed by atoms with van der Waals surface area (Å²) < 4.78 is 25.6. The van der Waals surface area contributed by atoms with E-state index in [4.69, 9.17) is 11.6 Å². The summed E-state index contributed by atoms with van der Waals surface area (Å²) in [5.41, 5.74) is 1.53. The molecule has 0 heterocycles. The molecule has 27 heavy (non-hydrogen) atoms. The van der Waals surface area contributed by atoms with Gasteiger partial charge in [-0.1, -0.05) is 29.8 Å². The van der Waals surface area contributed by atoms with Crippen LogP contribution in [0.5, 0.6) is 0 Å². The van der Waals surface area contributed by atoms with Crippen LogP contribution in [0.1, 0.15) is 12.5 Å². The van der Waals surface area contributed by atoms with E-state index in [0.29, 0.717) is 17.3 Å². The van der Waals surface area contributed by atoms with Crippen LogP contribution in [0.4, 0.5) is 5.69 Å². The molecule has 1 unspecified atom stereocenters. The van der Waals surface area contributed by atoms with Gasteiger partial charge in [0.05, 0.1) is 11.9 Å². The van der Waals surface area contributed by atoms with Crippen molar-refractivity contribution in [3.63, 3.8) is 0 Å². The van der Waals surface area contributed by atoms with Crippen LogP contribution in [0.3, 0.4) is 0 Å². The summed E-state index contributed by atoms with van der Waals surface area (Å²) in [4.78, 5) is 13.7. The first-order valence-electron chi connectivity index (χ1n) is 8.51. The molecule has 0 bridgehead atoms. The van der Waals surface area contributed by atoms with E-state index in [1.54, 1.807) is 12.1 Å². The average Bonchev–Trinajstić information content (AvgIpc) is 2.63. The maximum Gasteiger partial charge on any atom is 0.282 e. The number of carbonyl (C=O) groups is 1. The fraction of sp³-hybridized carbons (Fsp3) is 0.316. The van der Waals surface area contributed by atoms with Crippen molar-refractivity contribution in [2.75, 3.05) is 26.5 Å². The van der Waals surface area contributed by atoms with E-state index in [1.807, 2.05) is 38.2 Å². The van der Waals surface area contributed by atoms with Gasteiger partial charge in [0.2, 0.25) is 10.0 Å². The van der Waals surface area contributed by atoms with Crippen molar-refractivity contribution < 1.29 is 18.1 Å². The van der Waals surface area contributed by atoms with Gasteiger partial charge in [-0.2, -0.15) is 0 Å². The summed E-state index contributed by atoms with van der Waals surface area (Å²) >= 11 is 5.90. The number of sulfonamides is 1. The van der Waals surface area contributed by atoms with Crippen LogP contribution in [-0.4, -0.2) is 45.8 Å². The second kappa shape index (κ2) is 8.84. The normalized spacial score (nSPS) is 14.0. The van der Waals surface area contributed by atoms with E-state index in [9.17, 15) is 13.2 Å². The maximum absolute atomic E-state index is 12.6. The fourth-order valence-electron chi connectivity index (χ4n) is 2.50. The van der Waals surface area contributed by atoms with Crippen molar-refractivity contribution in [1.29, 1.82) is 0 Å². The SMILES string of the molecule is C[C@@H](C(=O)Nc1cccc(S(=O)(=O)N(C)C)c1)[NH+](C)Cc1ccc(Cl)cc1. The second-order valence-electron chi connectivity index (χ2n) is 6.68. The van der Waals surface area contributed by atoms with E-state index in [-0.39, 0.29) is 16.8 Å². The number of benzene rings is 2. The highest BCUT2D eigenvalue weighted by molar-refractivity contribution is 7.89. The first-order chi connectivity index (χ1) is 12.6. The molecule has 2 atom stereocenters. The lowest BCUT2D eigenvalue weighted by molar-refractivity contribution is -0.907. The Bertz CT molecular complexity index is 899. The van der Waals surface area contributed by atoms with Gasteiger partial charge in [0.1, 0.15) is 6.54 Å². The number of hydrogen-bond donors (Lipinski definition) is 2. The van der Waals surface area contributed by atoms with Crippen LogP contribution < -0.4 is 10.2 Å². The molecule has 0 aromatic heterocycles. The summed E-state index contributed by atoms with van der Waals surface area (Å²) in [5.74, 6) is -0.180. The Labute approximate surface area is 165 Å². The number of carbonyl (C=O) groups excluding carboxylic acids is 1. The molecule has 6 nitrogen and oxygen atoms in total. The van der Waals surface area contributed by atoms with Gasteiger partial charge in [-0.05, 0) is 37.3 Å². The van der Waals surface area contributed by atoms with Gasteiger partial charge in [0.25, 0.3) is 5.91 Å². The molecule has 0 radical (unpaired) electrons. The highest BCUT2D eigenvalue weighted by Gasteiger charge is 2.23. The second-order valence-corrected chi connectivity index (χ2v) is 9.26. The predicted octanol–water partition coefficient (Wildman–Crippen LogP) is 1.63. The summed E-state index contributed by atoms with van der Waals surface area (Å²) in [7, 11) is 1.33. The third-order valence-corrected chi connectivity index (χ3v) is 6.47. The van der Waals surface area contributed by atoms with Crippen molar-refractivity contribution in [3.05, 3.63) is 59.1 Å². The molecule has 2 aromatic carbocycles. The monoisotopic (exact) mass is 410 g/mol. The number of anilines is 1. The minimum atomic E-state index is -3.55. The first-order valence-corrected chi connectivity index (χ1v) is 10.3. The standard InChI is InChI=1S/C19H24ClN3O3S/c1-14(23(4)13-15-8-10-16(20)11-9-15)19(24)21-17-6-5-7-18(12-17)27(25,26)22(2)3/h5-12,14H,13H2,1-4H3,(H,21,24)/p+1/t14-/m0/s1. The molecule has 0 aliphatic heterocycles. The summed E-state index contributed by atoms with van der Waals surface area (Å²) in [6.45, 7) is 2.50. The average molecular weight is 411 g/mol. The highest BCUT2D eigenvalue weighted by Crippen LogP contribution is 2.18. The Morgan fingerprint density at radius 2 is 1.81 bits per heavy atom. The van der Waals surface area contributed by atoms with E-state index in [2.05, 4.69) is 5.32 Å². The Morgan fingerprint density at radius 3 is 2.41 bits per heavy atom. The maximum atomic E-state index is 12.6. The lowest BCUT2D eigenvalue weighted by Gasteiger charge is -2.21. The molecule has 0 spiro atoms. The van der Waals surface area contributed by atoms with Crippen molar-refractivity contribution in [3.8, 4) is 0 Å². The molecule has 2 aromatic rings. The zero-order valence-corrected chi connectivity index (χ0v) is 17.4. The Balaban J connectivity index is 2.06. The Hall–Kier alpha value is -1.93. The Kier molecular flexibility index (Phi) is 7.00. The molecule has 0 saturated heterocycles. The van der Waals surface area contributed by atoms with E-state index >= 15 is 0 Å². The van der Waals surface area contributed by atoms with E-state index < -0.39 is 10.0 Å². The van der Waals surface area contributed by atoms with E-state index in [0.717, 1.165) is 14.8 Å². The van der Waals surface area contributed by atoms with Gasteiger partial charge in [-0.3, -0.25) is 4.79 Å². The number of hydrogen-bond acceptors (Lipinski definition) is 3. The zero-order chi connectivity index (χ0) is 20.2. The topological polar surface area (TPSA) is 70.9 Å². The minimum Gasteiger partial charge on any atom is -0.324 e. The van der Waals surface area contributed by atoms with Crippen LogP contribution in [-0.2, 0) is 21.4 Å². The van der Waals surface area contributed by atoms with Crippen molar-refractivity contribution in [2.24, 2.45) is 0 Å². The smallest absolute Gasteiger partial charge is 0.282 e. The van der Waals surface area contributed by atoms with E-state index in [1.165, 1.54) is 26.2 Å². The van der Waals surface area contributed by atoms with Crippen molar-refractivity contribution in [2.45, 2.75) is 24.4 Å². The van der Waals surface area contributed by atoms with Crippen LogP contribution in [0.15, 0.2) is 53.4 Å². The third-order valence-electron chi connectivity index (χ3n) is 4.41. The van der Waals surface area contributed by atoms with Gasteiger partial charge >= 0.3 is 0 Å². The largest absolute Gasteiger partial charge is 0.324 e. The van der Waals surface area contributed by atoms with Crippen LogP contribution >= 0.6 is 11.6 Å². The highest BCUT2D eigenvalue weighted by atomic mass is 35.5. The Morgan fingerprint density at radius 1 is 1.19 bits per heavy atom. The number of amides is 1. The molecule has 0 aliphatic rings. The molecule has 2 N–H and O–H groups in total. The lowest BCUT2D eigenvalue weighted by atomic mass is 10.2. The molecule has 0 saturated carbocycles. The van der Waals surface area contributed by atoms with Crippen molar-refractivity contribution in [1.82, 2.24) is 4.31 Å². The zero-order valence-electron chi connectivity index (χ0n) is 15.9. The van der Waals surface area contributed by atoms with Gasteiger partial charge in [0, 0.05) is 30.4 Å². The minimum absolute atomic E-state index is 0.139. The number of quaternary nitrogens is 1. The molecule has 2 rings (SSSR count). The quantitative estimate of drug-likeness (QED) is 0.728. The number of rotatable bonds is 7. The van der Waals surface area contributed by atoms with Gasteiger partial charge in [-0.25, -0.2) is 12.7 Å². The fourth-order valence-corrected chi connectivity index (χ4v) is 3.57. The third kappa shape index (κ3) is 5.52. The first kappa shape index (κ1) is 21.4. The number of nitrogens with zero attached hydrogens (tertiary/aromatic N) is 1. The molecule has 0 fully saturated rings. The number of likely N-dealkylation sites (N-methyl/N-ethyl adjacent to an activating group) is 1. The molecule has 8 heteroatoms.